The SMILES string of the molecule is FC(F)c1cc(Br)c2cnccc2c1. The number of aromatic nitrogens is 1. The lowest BCUT2D eigenvalue weighted by atomic mass is 10.1. The predicted molar refractivity (Wildman–Crippen MR) is 54.4 cm³/mol. The smallest absolute Gasteiger partial charge is 0.263 e. The minimum Gasteiger partial charge on any atom is -0.264 e. The van der Waals surface area contributed by atoms with Gasteiger partial charge in [0, 0.05) is 27.8 Å². The summed E-state index contributed by atoms with van der Waals surface area (Å²) in [5, 5.41) is 1.61. The number of hydrogen-bond donors (Lipinski definition) is 0. The van der Waals surface area contributed by atoms with E-state index in [0.717, 1.165) is 10.8 Å². The van der Waals surface area contributed by atoms with Crippen molar-refractivity contribution in [3.05, 3.63) is 40.6 Å². The molecular formula is C10H6BrF2N. The average molecular weight is 258 g/mol. The van der Waals surface area contributed by atoms with Crippen molar-refractivity contribution in [1.29, 1.82) is 0 Å². The van der Waals surface area contributed by atoms with E-state index in [9.17, 15) is 8.78 Å². The largest absolute Gasteiger partial charge is 0.264 e. The molecule has 0 aliphatic carbocycles. The highest BCUT2D eigenvalue weighted by molar-refractivity contribution is 9.10. The van der Waals surface area contributed by atoms with Crippen LogP contribution in [0.25, 0.3) is 10.8 Å². The van der Waals surface area contributed by atoms with Crippen LogP contribution in [0.4, 0.5) is 8.78 Å². The van der Waals surface area contributed by atoms with Crippen molar-refractivity contribution in [1.82, 2.24) is 4.98 Å². The maximum atomic E-state index is 12.4. The summed E-state index contributed by atoms with van der Waals surface area (Å²) < 4.78 is 25.5. The summed E-state index contributed by atoms with van der Waals surface area (Å²) in [6, 6.07) is 4.62. The molecule has 0 aliphatic rings. The van der Waals surface area contributed by atoms with Gasteiger partial charge >= 0.3 is 0 Å². The first-order valence-electron chi connectivity index (χ1n) is 4.00. The van der Waals surface area contributed by atoms with Gasteiger partial charge in [0.05, 0.1) is 0 Å². The summed E-state index contributed by atoms with van der Waals surface area (Å²) >= 11 is 3.24. The lowest BCUT2D eigenvalue weighted by molar-refractivity contribution is 0.151. The zero-order chi connectivity index (χ0) is 10.1. The Kier molecular flexibility index (Phi) is 2.46. The summed E-state index contributed by atoms with van der Waals surface area (Å²) in [4.78, 5) is 3.93. The number of hydrogen-bond acceptors (Lipinski definition) is 1. The van der Waals surface area contributed by atoms with Crippen molar-refractivity contribution in [2.45, 2.75) is 6.43 Å². The van der Waals surface area contributed by atoms with Crippen molar-refractivity contribution in [2.24, 2.45) is 0 Å². The molecule has 14 heavy (non-hydrogen) atoms. The molecule has 1 aromatic carbocycles. The monoisotopic (exact) mass is 257 g/mol. The summed E-state index contributed by atoms with van der Waals surface area (Å²) in [6.45, 7) is 0. The molecule has 0 atom stereocenters. The first-order valence-corrected chi connectivity index (χ1v) is 4.79. The standard InChI is InChI=1S/C10H6BrF2N/c11-9-4-7(10(12)13)3-6-1-2-14-5-8(6)9/h1-5,10H. The van der Waals surface area contributed by atoms with Crippen LogP contribution in [0.3, 0.4) is 0 Å². The maximum absolute atomic E-state index is 12.4. The number of rotatable bonds is 1. The second-order valence-electron chi connectivity index (χ2n) is 2.90. The number of nitrogens with zero attached hydrogens (tertiary/aromatic N) is 1. The van der Waals surface area contributed by atoms with Crippen LogP contribution in [0.1, 0.15) is 12.0 Å². The lowest BCUT2D eigenvalue weighted by Crippen LogP contribution is -1.86. The molecular weight excluding hydrogens is 252 g/mol. The number of halogens is 3. The van der Waals surface area contributed by atoms with Gasteiger partial charge in [-0.2, -0.15) is 0 Å². The van der Waals surface area contributed by atoms with E-state index < -0.39 is 6.43 Å². The van der Waals surface area contributed by atoms with Crippen molar-refractivity contribution < 1.29 is 8.78 Å². The van der Waals surface area contributed by atoms with Gasteiger partial charge in [-0.1, -0.05) is 15.9 Å². The third-order valence-corrected chi connectivity index (χ3v) is 2.64. The van der Waals surface area contributed by atoms with Gasteiger partial charge in [-0.25, -0.2) is 8.78 Å². The molecule has 0 amide bonds. The lowest BCUT2D eigenvalue weighted by Gasteiger charge is -2.04. The van der Waals surface area contributed by atoms with E-state index >= 15 is 0 Å². The minimum absolute atomic E-state index is 0.0237. The molecule has 0 saturated heterocycles. The van der Waals surface area contributed by atoms with E-state index in [2.05, 4.69) is 20.9 Å². The molecule has 0 bridgehead atoms. The van der Waals surface area contributed by atoms with E-state index in [-0.39, 0.29) is 5.56 Å². The molecule has 0 spiro atoms. The van der Waals surface area contributed by atoms with E-state index in [1.807, 2.05) is 0 Å². The number of alkyl halides is 2. The molecule has 0 unspecified atom stereocenters. The fraction of sp³-hybridized carbons (Fsp3) is 0.100. The van der Waals surface area contributed by atoms with Gasteiger partial charge in [-0.05, 0) is 23.6 Å². The van der Waals surface area contributed by atoms with Gasteiger partial charge in [0.15, 0.2) is 0 Å². The molecule has 72 valence electrons. The Morgan fingerprint density at radius 1 is 1.29 bits per heavy atom. The van der Waals surface area contributed by atoms with E-state index in [4.69, 9.17) is 0 Å². The van der Waals surface area contributed by atoms with E-state index in [1.54, 1.807) is 18.5 Å². The molecule has 2 aromatic rings. The first-order chi connectivity index (χ1) is 6.68. The van der Waals surface area contributed by atoms with E-state index in [1.165, 1.54) is 12.1 Å². The fourth-order valence-electron chi connectivity index (χ4n) is 1.30. The van der Waals surface area contributed by atoms with Gasteiger partial charge in [-0.3, -0.25) is 4.98 Å². The molecule has 1 heterocycles. The van der Waals surface area contributed by atoms with Crippen molar-refractivity contribution in [3.8, 4) is 0 Å². The number of pyridine rings is 1. The van der Waals surface area contributed by atoms with Gasteiger partial charge < -0.3 is 0 Å². The highest BCUT2D eigenvalue weighted by Gasteiger charge is 2.09. The van der Waals surface area contributed by atoms with Crippen LogP contribution in [0, 0.1) is 0 Å². The topological polar surface area (TPSA) is 12.9 Å². The fourth-order valence-corrected chi connectivity index (χ4v) is 1.90. The first kappa shape index (κ1) is 9.52. The molecule has 0 fully saturated rings. The van der Waals surface area contributed by atoms with Crippen LogP contribution in [-0.4, -0.2) is 4.98 Å². The van der Waals surface area contributed by atoms with Crippen molar-refractivity contribution in [2.75, 3.05) is 0 Å². The van der Waals surface area contributed by atoms with Crippen LogP contribution < -0.4 is 0 Å². The van der Waals surface area contributed by atoms with Crippen molar-refractivity contribution in [3.63, 3.8) is 0 Å². The quantitative estimate of drug-likeness (QED) is 0.755. The highest BCUT2D eigenvalue weighted by Crippen LogP contribution is 2.29. The van der Waals surface area contributed by atoms with Gasteiger partial charge in [0.25, 0.3) is 6.43 Å². The second kappa shape index (κ2) is 3.61. The average Bonchev–Trinajstić information content (AvgIpc) is 2.17. The van der Waals surface area contributed by atoms with Crippen LogP contribution in [0.15, 0.2) is 35.1 Å². The van der Waals surface area contributed by atoms with E-state index in [0.29, 0.717) is 4.47 Å². The maximum Gasteiger partial charge on any atom is 0.263 e. The molecule has 2 rings (SSSR count). The number of fused-ring (bicyclic) bond motifs is 1. The Morgan fingerprint density at radius 3 is 2.79 bits per heavy atom. The van der Waals surface area contributed by atoms with Crippen molar-refractivity contribution >= 4 is 26.7 Å². The molecule has 1 aromatic heterocycles. The summed E-state index contributed by atoms with van der Waals surface area (Å²) in [5.74, 6) is 0. The Morgan fingerprint density at radius 2 is 2.07 bits per heavy atom. The Bertz CT molecular complexity index is 471. The molecule has 4 heteroatoms. The Balaban J connectivity index is 2.72. The van der Waals surface area contributed by atoms with Gasteiger partial charge in [0.2, 0.25) is 0 Å². The third kappa shape index (κ3) is 1.62. The van der Waals surface area contributed by atoms with Crippen LogP contribution >= 0.6 is 15.9 Å². The highest BCUT2D eigenvalue weighted by atomic mass is 79.9. The third-order valence-electron chi connectivity index (χ3n) is 1.98. The predicted octanol–water partition coefficient (Wildman–Crippen LogP) is 3.93. The van der Waals surface area contributed by atoms with Crippen LogP contribution in [-0.2, 0) is 0 Å². The second-order valence-corrected chi connectivity index (χ2v) is 3.75. The van der Waals surface area contributed by atoms with Gasteiger partial charge in [0.1, 0.15) is 0 Å². The zero-order valence-electron chi connectivity index (χ0n) is 7.05. The zero-order valence-corrected chi connectivity index (χ0v) is 8.63. The molecule has 0 saturated carbocycles. The Hall–Kier alpha value is -1.03. The normalized spacial score (nSPS) is 11.1. The molecule has 1 nitrogen and oxygen atoms in total. The van der Waals surface area contributed by atoms with Gasteiger partial charge in [-0.15, -0.1) is 0 Å². The molecule has 0 radical (unpaired) electrons. The minimum atomic E-state index is -2.44. The number of benzene rings is 1. The summed E-state index contributed by atoms with van der Waals surface area (Å²) in [5.41, 5.74) is 0.0237. The van der Waals surface area contributed by atoms with Crippen LogP contribution in [0.2, 0.25) is 0 Å². The molecule has 0 aliphatic heterocycles. The summed E-state index contributed by atoms with van der Waals surface area (Å²) in [6.07, 6.45) is 0.794. The Labute approximate surface area is 87.9 Å². The summed E-state index contributed by atoms with van der Waals surface area (Å²) in [7, 11) is 0. The molecule has 0 N–H and O–H groups in total. The van der Waals surface area contributed by atoms with Crippen LogP contribution in [0.5, 0.6) is 0 Å².